The molecule has 0 fully saturated rings. The molecule has 1 aromatic carbocycles. The van der Waals surface area contributed by atoms with Gasteiger partial charge in [0.2, 0.25) is 0 Å². The molecular formula is C10H10FO2. The van der Waals surface area contributed by atoms with Crippen molar-refractivity contribution in [2.75, 3.05) is 6.61 Å². The van der Waals surface area contributed by atoms with Gasteiger partial charge < -0.3 is 4.74 Å². The van der Waals surface area contributed by atoms with Crippen LogP contribution in [0.1, 0.15) is 22.8 Å². The van der Waals surface area contributed by atoms with Crippen LogP contribution in [0.15, 0.2) is 18.2 Å². The van der Waals surface area contributed by atoms with Crippen LogP contribution >= 0.6 is 0 Å². The van der Waals surface area contributed by atoms with Crippen LogP contribution in [0.3, 0.4) is 0 Å². The van der Waals surface area contributed by atoms with Crippen molar-refractivity contribution < 1.29 is 13.9 Å². The van der Waals surface area contributed by atoms with Crippen LogP contribution in [0.25, 0.3) is 0 Å². The fourth-order valence-electron chi connectivity index (χ4n) is 0.889. The third-order valence-corrected chi connectivity index (χ3v) is 1.56. The molecule has 1 aromatic rings. The van der Waals surface area contributed by atoms with Gasteiger partial charge in [-0.1, -0.05) is 6.07 Å². The molecule has 0 aromatic heterocycles. The molecular weight excluding hydrogens is 171 g/mol. The zero-order valence-electron chi connectivity index (χ0n) is 7.34. The highest BCUT2D eigenvalue weighted by Crippen LogP contribution is 2.09. The molecule has 0 amide bonds. The Kier molecular flexibility index (Phi) is 3.01. The largest absolute Gasteiger partial charge is 0.462 e. The second-order valence-corrected chi connectivity index (χ2v) is 2.53. The van der Waals surface area contributed by atoms with E-state index in [4.69, 9.17) is 4.74 Å². The third-order valence-electron chi connectivity index (χ3n) is 1.56. The van der Waals surface area contributed by atoms with Crippen molar-refractivity contribution in [1.29, 1.82) is 0 Å². The van der Waals surface area contributed by atoms with Crippen molar-refractivity contribution in [3.05, 3.63) is 42.1 Å². The van der Waals surface area contributed by atoms with E-state index in [1.54, 1.807) is 6.92 Å². The molecule has 0 bridgehead atoms. The topological polar surface area (TPSA) is 26.3 Å². The Morgan fingerprint density at radius 3 is 2.85 bits per heavy atom. The molecule has 0 aliphatic carbocycles. The lowest BCUT2D eigenvalue weighted by Gasteiger charge is -2.02. The summed E-state index contributed by atoms with van der Waals surface area (Å²) in [5.74, 6) is -1.01. The summed E-state index contributed by atoms with van der Waals surface area (Å²) in [6.45, 7) is 5.42. The van der Waals surface area contributed by atoms with E-state index in [1.807, 2.05) is 0 Å². The van der Waals surface area contributed by atoms with Gasteiger partial charge in [-0.15, -0.1) is 0 Å². The second-order valence-electron chi connectivity index (χ2n) is 2.53. The molecule has 0 N–H and O–H groups in total. The summed E-state index contributed by atoms with van der Waals surface area (Å²) in [6, 6.07) is 4.06. The summed E-state index contributed by atoms with van der Waals surface area (Å²) in [5, 5.41) is 0. The van der Waals surface area contributed by atoms with Crippen molar-refractivity contribution in [1.82, 2.24) is 0 Å². The van der Waals surface area contributed by atoms with Gasteiger partial charge in [0.25, 0.3) is 0 Å². The zero-order valence-corrected chi connectivity index (χ0v) is 7.34. The van der Waals surface area contributed by atoms with Crippen LogP contribution in [0, 0.1) is 12.7 Å². The Bertz CT molecular complexity index is 321. The van der Waals surface area contributed by atoms with Gasteiger partial charge in [-0.2, -0.15) is 0 Å². The molecule has 69 valence electrons. The normalized spacial score (nSPS) is 9.77. The molecule has 0 heterocycles. The Labute approximate surface area is 76.3 Å². The number of ether oxygens (including phenoxy) is 1. The molecule has 0 saturated heterocycles. The smallest absolute Gasteiger partial charge is 0.338 e. The van der Waals surface area contributed by atoms with Gasteiger partial charge in [-0.05, 0) is 31.5 Å². The van der Waals surface area contributed by atoms with E-state index in [1.165, 1.54) is 12.1 Å². The molecule has 1 rings (SSSR count). The van der Waals surface area contributed by atoms with E-state index in [0.29, 0.717) is 0 Å². The predicted molar refractivity (Wildman–Crippen MR) is 46.8 cm³/mol. The number of carbonyl (C=O) groups excluding carboxylic acids is 1. The van der Waals surface area contributed by atoms with E-state index < -0.39 is 11.8 Å². The lowest BCUT2D eigenvalue weighted by Crippen LogP contribution is -2.05. The van der Waals surface area contributed by atoms with Crippen LogP contribution in [0.2, 0.25) is 0 Å². The van der Waals surface area contributed by atoms with Gasteiger partial charge in [0.05, 0.1) is 12.2 Å². The number of hydrogen-bond acceptors (Lipinski definition) is 2. The fraction of sp³-hybridized carbons (Fsp3) is 0.200. The minimum absolute atomic E-state index is 0.215. The van der Waals surface area contributed by atoms with E-state index in [0.717, 1.165) is 6.07 Å². The summed E-state index contributed by atoms with van der Waals surface area (Å²) in [4.78, 5) is 11.1. The quantitative estimate of drug-likeness (QED) is 0.653. The first kappa shape index (κ1) is 9.71. The first-order chi connectivity index (χ1) is 6.15. The summed E-state index contributed by atoms with van der Waals surface area (Å²) >= 11 is 0. The molecule has 0 unspecified atom stereocenters. The highest BCUT2D eigenvalue weighted by Gasteiger charge is 2.07. The Morgan fingerprint density at radius 2 is 2.31 bits per heavy atom. The van der Waals surface area contributed by atoms with Crippen LogP contribution in [-0.4, -0.2) is 12.6 Å². The van der Waals surface area contributed by atoms with Gasteiger partial charge in [-0.3, -0.25) is 0 Å². The van der Waals surface area contributed by atoms with Crippen molar-refractivity contribution in [2.24, 2.45) is 0 Å². The number of benzene rings is 1. The van der Waals surface area contributed by atoms with Gasteiger partial charge in [0.15, 0.2) is 0 Å². The average molecular weight is 181 g/mol. The van der Waals surface area contributed by atoms with Crippen LogP contribution < -0.4 is 0 Å². The predicted octanol–water partition coefficient (Wildman–Crippen LogP) is 2.18. The molecule has 0 saturated carbocycles. The number of carbonyl (C=O) groups is 1. The van der Waals surface area contributed by atoms with Crippen LogP contribution in [0.4, 0.5) is 4.39 Å². The van der Waals surface area contributed by atoms with Gasteiger partial charge >= 0.3 is 5.97 Å². The Balaban J connectivity index is 2.90. The standard InChI is InChI=1S/C10H10FO2/c1-3-13-10(12)8-5-4-7(2)9(11)6-8/h4-6H,2-3H2,1H3. The first-order valence-electron chi connectivity index (χ1n) is 3.93. The van der Waals surface area contributed by atoms with E-state index in [-0.39, 0.29) is 17.7 Å². The van der Waals surface area contributed by atoms with Gasteiger partial charge in [0, 0.05) is 0 Å². The number of esters is 1. The first-order valence-corrected chi connectivity index (χ1v) is 3.93. The lowest BCUT2D eigenvalue weighted by atomic mass is 10.1. The number of hydrogen-bond donors (Lipinski definition) is 0. The maximum atomic E-state index is 12.9. The molecule has 13 heavy (non-hydrogen) atoms. The molecule has 0 atom stereocenters. The summed E-state index contributed by atoms with van der Waals surface area (Å²) in [6.07, 6.45) is 0. The van der Waals surface area contributed by atoms with Crippen molar-refractivity contribution in [3.8, 4) is 0 Å². The van der Waals surface area contributed by atoms with Crippen molar-refractivity contribution in [3.63, 3.8) is 0 Å². The van der Waals surface area contributed by atoms with Crippen LogP contribution in [0.5, 0.6) is 0 Å². The van der Waals surface area contributed by atoms with E-state index >= 15 is 0 Å². The minimum Gasteiger partial charge on any atom is -0.462 e. The van der Waals surface area contributed by atoms with Crippen molar-refractivity contribution in [2.45, 2.75) is 6.92 Å². The van der Waals surface area contributed by atoms with Crippen molar-refractivity contribution >= 4 is 5.97 Å². The molecule has 1 radical (unpaired) electrons. The van der Waals surface area contributed by atoms with Gasteiger partial charge in [0.1, 0.15) is 5.82 Å². The Hall–Kier alpha value is -1.38. The van der Waals surface area contributed by atoms with Crippen LogP contribution in [-0.2, 0) is 4.74 Å². The maximum Gasteiger partial charge on any atom is 0.338 e. The summed E-state index contributed by atoms with van der Waals surface area (Å²) < 4.78 is 17.6. The highest BCUT2D eigenvalue weighted by molar-refractivity contribution is 5.89. The monoisotopic (exact) mass is 181 g/mol. The van der Waals surface area contributed by atoms with E-state index in [2.05, 4.69) is 6.92 Å². The number of halogens is 1. The second kappa shape index (κ2) is 4.03. The van der Waals surface area contributed by atoms with Gasteiger partial charge in [-0.25, -0.2) is 9.18 Å². The Morgan fingerprint density at radius 1 is 1.62 bits per heavy atom. The highest BCUT2D eigenvalue weighted by atomic mass is 19.1. The molecule has 3 heteroatoms. The summed E-state index contributed by atoms with van der Waals surface area (Å²) in [7, 11) is 0. The fourth-order valence-corrected chi connectivity index (χ4v) is 0.889. The zero-order chi connectivity index (χ0) is 9.84. The number of rotatable bonds is 2. The molecule has 0 spiro atoms. The maximum absolute atomic E-state index is 12.9. The molecule has 0 aliphatic heterocycles. The summed E-state index contributed by atoms with van der Waals surface area (Å²) in [5.41, 5.74) is 0.486. The third kappa shape index (κ3) is 2.28. The SMILES string of the molecule is [CH2]c1ccc(C(=O)OCC)cc1F. The average Bonchev–Trinajstić information content (AvgIpc) is 2.10. The lowest BCUT2D eigenvalue weighted by molar-refractivity contribution is 0.0526. The molecule has 2 nitrogen and oxygen atoms in total. The minimum atomic E-state index is -0.513. The van der Waals surface area contributed by atoms with E-state index in [9.17, 15) is 9.18 Å². The molecule has 0 aliphatic rings.